The Morgan fingerprint density at radius 2 is 1.80 bits per heavy atom. The Kier molecular flexibility index (Phi) is 6.68. The van der Waals surface area contributed by atoms with Crippen LogP contribution in [0.25, 0.3) is 0 Å². The highest BCUT2D eigenvalue weighted by Crippen LogP contribution is 2.24. The van der Waals surface area contributed by atoms with E-state index in [4.69, 9.17) is 14.2 Å². The minimum absolute atomic E-state index is 0.00112. The standard InChI is InChI=1S/C18H24N2O5/c1-4-9-25-18(22)19-14-5-7-20(8-6-14)17(21)13-10-15(23-2)12-16(11-13)24-3/h4,10-12,14H,1,5-9H2,2-3H3,(H,19,22). The normalized spacial score (nSPS) is 14.6. The van der Waals surface area contributed by atoms with Crippen molar-refractivity contribution in [2.45, 2.75) is 18.9 Å². The van der Waals surface area contributed by atoms with E-state index in [1.807, 2.05) is 0 Å². The second-order valence-corrected chi connectivity index (χ2v) is 5.70. The summed E-state index contributed by atoms with van der Waals surface area (Å²) in [6.45, 7) is 4.80. The number of nitrogens with zero attached hydrogens (tertiary/aromatic N) is 1. The number of carbonyl (C=O) groups is 2. The fourth-order valence-corrected chi connectivity index (χ4v) is 2.68. The van der Waals surface area contributed by atoms with Crippen LogP contribution < -0.4 is 14.8 Å². The zero-order valence-electron chi connectivity index (χ0n) is 14.6. The van der Waals surface area contributed by atoms with E-state index in [9.17, 15) is 9.59 Å². The number of hydrogen-bond donors (Lipinski definition) is 1. The molecule has 1 fully saturated rings. The first kappa shape index (κ1) is 18.6. The molecular formula is C18H24N2O5. The molecule has 25 heavy (non-hydrogen) atoms. The molecule has 0 aromatic heterocycles. The van der Waals surface area contributed by atoms with Crippen LogP contribution >= 0.6 is 0 Å². The lowest BCUT2D eigenvalue weighted by Gasteiger charge is -2.32. The number of piperidine rings is 1. The van der Waals surface area contributed by atoms with Crippen LogP contribution in [0.4, 0.5) is 4.79 Å². The third-order valence-corrected chi connectivity index (χ3v) is 4.03. The molecule has 0 saturated carbocycles. The maximum Gasteiger partial charge on any atom is 0.407 e. The van der Waals surface area contributed by atoms with Crippen molar-refractivity contribution in [2.24, 2.45) is 0 Å². The molecular weight excluding hydrogens is 324 g/mol. The van der Waals surface area contributed by atoms with Crippen LogP contribution in [-0.2, 0) is 4.74 Å². The van der Waals surface area contributed by atoms with Gasteiger partial charge in [-0.2, -0.15) is 0 Å². The summed E-state index contributed by atoms with van der Waals surface area (Å²) in [5, 5.41) is 2.80. The summed E-state index contributed by atoms with van der Waals surface area (Å²) in [5.41, 5.74) is 0.521. The van der Waals surface area contributed by atoms with Gasteiger partial charge in [-0.05, 0) is 25.0 Å². The average Bonchev–Trinajstić information content (AvgIpc) is 2.65. The monoisotopic (exact) mass is 348 g/mol. The Morgan fingerprint density at radius 3 is 2.32 bits per heavy atom. The topological polar surface area (TPSA) is 77.1 Å². The molecule has 7 heteroatoms. The van der Waals surface area contributed by atoms with Crippen LogP contribution in [0.2, 0.25) is 0 Å². The van der Waals surface area contributed by atoms with Gasteiger partial charge in [0.15, 0.2) is 0 Å². The molecule has 0 spiro atoms. The number of likely N-dealkylation sites (tertiary alicyclic amines) is 1. The molecule has 1 aromatic carbocycles. The number of benzene rings is 1. The zero-order chi connectivity index (χ0) is 18.2. The Morgan fingerprint density at radius 1 is 1.20 bits per heavy atom. The lowest BCUT2D eigenvalue weighted by molar-refractivity contribution is 0.0702. The van der Waals surface area contributed by atoms with Crippen molar-refractivity contribution in [1.29, 1.82) is 0 Å². The van der Waals surface area contributed by atoms with E-state index in [0.29, 0.717) is 43.0 Å². The van der Waals surface area contributed by atoms with E-state index >= 15 is 0 Å². The van der Waals surface area contributed by atoms with Crippen LogP contribution in [0.1, 0.15) is 23.2 Å². The van der Waals surface area contributed by atoms with Crippen LogP contribution in [0, 0.1) is 0 Å². The molecule has 1 aliphatic heterocycles. The summed E-state index contributed by atoms with van der Waals surface area (Å²) in [5.74, 6) is 1.07. The number of hydrogen-bond acceptors (Lipinski definition) is 5. The summed E-state index contributed by atoms with van der Waals surface area (Å²) in [6.07, 6.45) is 2.41. The van der Waals surface area contributed by atoms with E-state index in [1.165, 1.54) is 6.08 Å². The SMILES string of the molecule is C=CCOC(=O)NC1CCN(C(=O)c2cc(OC)cc(OC)c2)CC1. The second kappa shape index (κ2) is 8.96. The molecule has 0 aliphatic carbocycles. The summed E-state index contributed by atoms with van der Waals surface area (Å²) in [6, 6.07) is 5.12. The molecule has 136 valence electrons. The number of amides is 2. The van der Waals surface area contributed by atoms with Gasteiger partial charge in [-0.3, -0.25) is 4.79 Å². The van der Waals surface area contributed by atoms with Crippen LogP contribution in [-0.4, -0.2) is 56.9 Å². The van der Waals surface area contributed by atoms with E-state index in [1.54, 1.807) is 37.3 Å². The molecule has 2 rings (SSSR count). The summed E-state index contributed by atoms with van der Waals surface area (Å²) < 4.78 is 15.3. The van der Waals surface area contributed by atoms with E-state index in [-0.39, 0.29) is 18.6 Å². The first-order valence-electron chi connectivity index (χ1n) is 8.14. The first-order valence-corrected chi connectivity index (χ1v) is 8.14. The molecule has 0 unspecified atom stereocenters. The Balaban J connectivity index is 1.93. The van der Waals surface area contributed by atoms with Crippen molar-refractivity contribution in [3.63, 3.8) is 0 Å². The van der Waals surface area contributed by atoms with Gasteiger partial charge in [0.1, 0.15) is 18.1 Å². The molecule has 1 heterocycles. The first-order chi connectivity index (χ1) is 12.1. The third-order valence-electron chi connectivity index (χ3n) is 4.03. The van der Waals surface area contributed by atoms with Crippen molar-refractivity contribution in [3.05, 3.63) is 36.4 Å². The number of rotatable bonds is 6. The summed E-state index contributed by atoms with van der Waals surface area (Å²) >= 11 is 0. The summed E-state index contributed by atoms with van der Waals surface area (Å²) in [4.78, 5) is 26.0. The fourth-order valence-electron chi connectivity index (χ4n) is 2.68. The largest absolute Gasteiger partial charge is 0.497 e. The molecule has 2 amide bonds. The predicted octanol–water partition coefficient (Wildman–Crippen LogP) is 2.22. The molecule has 1 N–H and O–H groups in total. The summed E-state index contributed by atoms with van der Waals surface area (Å²) in [7, 11) is 3.09. The molecule has 0 atom stereocenters. The Labute approximate surface area is 147 Å². The highest BCUT2D eigenvalue weighted by atomic mass is 16.5. The van der Waals surface area contributed by atoms with Gasteiger partial charge >= 0.3 is 6.09 Å². The van der Waals surface area contributed by atoms with E-state index < -0.39 is 6.09 Å². The minimum atomic E-state index is -0.456. The molecule has 0 radical (unpaired) electrons. The molecule has 1 aromatic rings. The lowest BCUT2D eigenvalue weighted by Crippen LogP contribution is -2.46. The van der Waals surface area contributed by atoms with Crippen molar-refractivity contribution < 1.29 is 23.8 Å². The number of carbonyl (C=O) groups excluding carboxylic acids is 2. The molecule has 1 aliphatic rings. The van der Waals surface area contributed by atoms with Crippen LogP contribution in [0.5, 0.6) is 11.5 Å². The smallest absolute Gasteiger partial charge is 0.407 e. The van der Waals surface area contributed by atoms with E-state index in [2.05, 4.69) is 11.9 Å². The minimum Gasteiger partial charge on any atom is -0.497 e. The van der Waals surface area contributed by atoms with Crippen molar-refractivity contribution in [3.8, 4) is 11.5 Å². The Bertz CT molecular complexity index is 602. The molecule has 7 nitrogen and oxygen atoms in total. The van der Waals surface area contributed by atoms with E-state index in [0.717, 1.165) is 0 Å². The van der Waals surface area contributed by atoms with Gasteiger partial charge < -0.3 is 24.4 Å². The lowest BCUT2D eigenvalue weighted by atomic mass is 10.0. The van der Waals surface area contributed by atoms with Crippen molar-refractivity contribution in [2.75, 3.05) is 33.9 Å². The number of alkyl carbamates (subject to hydrolysis) is 1. The average molecular weight is 348 g/mol. The van der Waals surface area contributed by atoms with Gasteiger partial charge in [0.05, 0.1) is 14.2 Å². The number of nitrogens with one attached hydrogen (secondary N) is 1. The number of ether oxygens (including phenoxy) is 3. The maximum absolute atomic E-state index is 12.7. The van der Waals surface area contributed by atoms with Gasteiger partial charge in [0, 0.05) is 30.8 Å². The van der Waals surface area contributed by atoms with Gasteiger partial charge in [0.25, 0.3) is 5.91 Å². The molecule has 0 bridgehead atoms. The van der Waals surface area contributed by atoms with Crippen LogP contribution in [0.3, 0.4) is 0 Å². The number of methoxy groups -OCH3 is 2. The van der Waals surface area contributed by atoms with Gasteiger partial charge in [-0.1, -0.05) is 12.7 Å². The fraction of sp³-hybridized carbons (Fsp3) is 0.444. The van der Waals surface area contributed by atoms with Crippen molar-refractivity contribution >= 4 is 12.0 Å². The quantitative estimate of drug-likeness (QED) is 0.798. The second-order valence-electron chi connectivity index (χ2n) is 5.70. The zero-order valence-corrected chi connectivity index (χ0v) is 14.6. The third kappa shape index (κ3) is 5.14. The van der Waals surface area contributed by atoms with Gasteiger partial charge in [0.2, 0.25) is 0 Å². The Hall–Kier alpha value is -2.70. The highest BCUT2D eigenvalue weighted by Gasteiger charge is 2.25. The van der Waals surface area contributed by atoms with Gasteiger partial charge in [-0.25, -0.2) is 4.79 Å². The van der Waals surface area contributed by atoms with Crippen LogP contribution in [0.15, 0.2) is 30.9 Å². The van der Waals surface area contributed by atoms with Crippen molar-refractivity contribution in [1.82, 2.24) is 10.2 Å². The van der Waals surface area contributed by atoms with Gasteiger partial charge in [-0.15, -0.1) is 0 Å². The molecule has 1 saturated heterocycles. The highest BCUT2D eigenvalue weighted by molar-refractivity contribution is 5.95. The maximum atomic E-state index is 12.7. The predicted molar refractivity (Wildman–Crippen MR) is 93.2 cm³/mol.